The Hall–Kier alpha value is -3.15. The molecule has 0 unspecified atom stereocenters. The first kappa shape index (κ1) is 14.8. The molecule has 0 amide bonds. The molecule has 1 heterocycles. The minimum absolute atomic E-state index is 0.00189. The number of fused-ring (bicyclic) bond motifs is 1. The van der Waals surface area contributed by atoms with Gasteiger partial charge in [0.1, 0.15) is 34.2 Å². The zero-order valence-electron chi connectivity index (χ0n) is 12.5. The lowest BCUT2D eigenvalue weighted by Gasteiger charge is -2.07. The summed E-state index contributed by atoms with van der Waals surface area (Å²) in [6.45, 7) is 0. The second-order valence-electron chi connectivity index (χ2n) is 4.89. The van der Waals surface area contributed by atoms with Crippen LogP contribution in [0.1, 0.15) is 10.4 Å². The van der Waals surface area contributed by atoms with E-state index in [1.807, 2.05) is 0 Å². The van der Waals surface area contributed by atoms with E-state index in [0.717, 1.165) is 0 Å². The summed E-state index contributed by atoms with van der Waals surface area (Å²) in [4.78, 5) is 11.7. The van der Waals surface area contributed by atoms with Gasteiger partial charge in [-0.2, -0.15) is 0 Å². The van der Waals surface area contributed by atoms with Crippen molar-refractivity contribution in [3.8, 4) is 28.6 Å². The first-order valence-corrected chi connectivity index (χ1v) is 6.75. The van der Waals surface area contributed by atoms with E-state index >= 15 is 0 Å². The predicted molar refractivity (Wildman–Crippen MR) is 83.4 cm³/mol. The maximum absolute atomic E-state index is 11.7. The number of hydrogen-bond donors (Lipinski definition) is 2. The number of carbonyl (C=O) groups is 1. The first-order chi connectivity index (χ1) is 11.0. The highest BCUT2D eigenvalue weighted by Crippen LogP contribution is 2.38. The number of methoxy groups -OCH3 is 2. The third kappa shape index (κ3) is 2.55. The number of hydrogen-bond acceptors (Lipinski definition) is 5. The van der Waals surface area contributed by atoms with Crippen molar-refractivity contribution in [1.29, 1.82) is 0 Å². The maximum atomic E-state index is 11.7. The van der Waals surface area contributed by atoms with Gasteiger partial charge in [0.15, 0.2) is 0 Å². The zero-order valence-corrected chi connectivity index (χ0v) is 12.5. The number of aromatic carboxylic acids is 1. The monoisotopic (exact) mass is 314 g/mol. The number of rotatable bonds is 4. The van der Waals surface area contributed by atoms with Gasteiger partial charge in [-0.15, -0.1) is 0 Å². The van der Waals surface area contributed by atoms with Crippen LogP contribution in [-0.2, 0) is 0 Å². The quantitative estimate of drug-likeness (QED) is 0.766. The molecule has 6 nitrogen and oxygen atoms in total. The molecule has 1 aromatic heterocycles. The van der Waals surface area contributed by atoms with Gasteiger partial charge >= 0.3 is 5.97 Å². The van der Waals surface area contributed by atoms with E-state index in [4.69, 9.17) is 13.9 Å². The molecular formula is C17H14O6. The molecule has 118 valence electrons. The molecule has 23 heavy (non-hydrogen) atoms. The molecule has 0 fully saturated rings. The highest BCUT2D eigenvalue weighted by molar-refractivity contribution is 6.08. The summed E-state index contributed by atoms with van der Waals surface area (Å²) in [5.41, 5.74) is 0.823. The van der Waals surface area contributed by atoms with E-state index in [0.29, 0.717) is 28.0 Å². The highest BCUT2D eigenvalue weighted by Gasteiger charge is 2.22. The minimum atomic E-state index is -1.12. The Kier molecular flexibility index (Phi) is 3.57. The maximum Gasteiger partial charge on any atom is 0.340 e. The molecule has 3 rings (SSSR count). The molecule has 0 spiro atoms. The number of benzene rings is 2. The molecule has 6 heteroatoms. The van der Waals surface area contributed by atoms with Crippen LogP contribution in [-0.4, -0.2) is 30.4 Å². The molecule has 0 aliphatic carbocycles. The average molecular weight is 314 g/mol. The fourth-order valence-corrected chi connectivity index (χ4v) is 2.44. The van der Waals surface area contributed by atoms with Crippen LogP contribution >= 0.6 is 0 Å². The van der Waals surface area contributed by atoms with Crippen LogP contribution in [0.4, 0.5) is 0 Å². The van der Waals surface area contributed by atoms with E-state index < -0.39 is 5.97 Å². The third-order valence-corrected chi connectivity index (χ3v) is 3.50. The van der Waals surface area contributed by atoms with Gasteiger partial charge in [-0.25, -0.2) is 4.79 Å². The molecule has 3 aromatic rings. The summed E-state index contributed by atoms with van der Waals surface area (Å²) in [7, 11) is 3.01. The van der Waals surface area contributed by atoms with Gasteiger partial charge in [-0.1, -0.05) is 0 Å². The lowest BCUT2D eigenvalue weighted by Crippen LogP contribution is -1.97. The van der Waals surface area contributed by atoms with Crippen LogP contribution in [0.25, 0.3) is 22.3 Å². The molecule has 0 radical (unpaired) electrons. The molecule has 2 N–H and O–H groups in total. The first-order valence-electron chi connectivity index (χ1n) is 6.75. The Morgan fingerprint density at radius 2 is 1.70 bits per heavy atom. The minimum Gasteiger partial charge on any atom is -0.508 e. The molecule has 0 saturated carbocycles. The molecular weight excluding hydrogens is 300 g/mol. The third-order valence-electron chi connectivity index (χ3n) is 3.50. The summed E-state index contributed by atoms with van der Waals surface area (Å²) < 4.78 is 16.1. The summed E-state index contributed by atoms with van der Waals surface area (Å²) in [6.07, 6.45) is 0. The fourth-order valence-electron chi connectivity index (χ4n) is 2.44. The molecule has 0 aliphatic heterocycles. The fraction of sp³-hybridized carbons (Fsp3) is 0.118. The van der Waals surface area contributed by atoms with Crippen molar-refractivity contribution >= 4 is 16.9 Å². The molecule has 0 atom stereocenters. The number of furan rings is 1. The Labute approximate surface area is 131 Å². The van der Waals surface area contributed by atoms with Crippen molar-refractivity contribution in [2.45, 2.75) is 0 Å². The van der Waals surface area contributed by atoms with Crippen LogP contribution in [0.5, 0.6) is 17.2 Å². The standard InChI is InChI=1S/C17H14O6/c1-21-11-5-9(6-12(8-11)22-2)16-15(17(19)20)13-4-3-10(18)7-14(13)23-16/h3-8,18H,1-2H3,(H,19,20). The largest absolute Gasteiger partial charge is 0.508 e. The topological polar surface area (TPSA) is 89.1 Å². The van der Waals surface area contributed by atoms with E-state index in [9.17, 15) is 15.0 Å². The summed E-state index contributed by atoms with van der Waals surface area (Å²) >= 11 is 0. The van der Waals surface area contributed by atoms with Gasteiger partial charge in [-0.05, 0) is 24.3 Å². The summed E-state index contributed by atoms with van der Waals surface area (Å²) in [6, 6.07) is 9.30. The van der Waals surface area contributed by atoms with E-state index in [1.165, 1.54) is 32.4 Å². The van der Waals surface area contributed by atoms with Gasteiger partial charge < -0.3 is 24.1 Å². The van der Waals surface area contributed by atoms with E-state index in [1.54, 1.807) is 18.2 Å². The smallest absolute Gasteiger partial charge is 0.340 e. The molecule has 2 aromatic carbocycles. The van der Waals surface area contributed by atoms with Gasteiger partial charge in [0.2, 0.25) is 0 Å². The Morgan fingerprint density at radius 3 is 2.26 bits per heavy atom. The van der Waals surface area contributed by atoms with Crippen LogP contribution in [0, 0.1) is 0 Å². The number of carboxylic acid groups (broad SMARTS) is 1. The highest BCUT2D eigenvalue weighted by atomic mass is 16.5. The van der Waals surface area contributed by atoms with E-state index in [2.05, 4.69) is 0 Å². The van der Waals surface area contributed by atoms with Gasteiger partial charge in [0.25, 0.3) is 0 Å². The number of phenolic OH excluding ortho intramolecular Hbond substituents is 1. The van der Waals surface area contributed by atoms with Crippen molar-refractivity contribution in [3.05, 3.63) is 42.0 Å². The van der Waals surface area contributed by atoms with Crippen molar-refractivity contribution in [2.75, 3.05) is 14.2 Å². The normalized spacial score (nSPS) is 10.7. The number of aromatic hydroxyl groups is 1. The van der Waals surface area contributed by atoms with Crippen LogP contribution in [0.15, 0.2) is 40.8 Å². The van der Waals surface area contributed by atoms with Crippen LogP contribution in [0.3, 0.4) is 0 Å². The van der Waals surface area contributed by atoms with Crippen LogP contribution < -0.4 is 9.47 Å². The number of ether oxygens (including phenoxy) is 2. The number of carboxylic acids is 1. The van der Waals surface area contributed by atoms with Crippen molar-refractivity contribution in [2.24, 2.45) is 0 Å². The SMILES string of the molecule is COc1cc(OC)cc(-c2oc3cc(O)ccc3c2C(=O)O)c1. The van der Waals surface area contributed by atoms with Crippen molar-refractivity contribution < 1.29 is 28.9 Å². The Balaban J connectivity index is 2.31. The predicted octanol–water partition coefficient (Wildman–Crippen LogP) is 3.52. The van der Waals surface area contributed by atoms with E-state index in [-0.39, 0.29) is 17.1 Å². The van der Waals surface area contributed by atoms with Gasteiger partial charge in [0.05, 0.1) is 14.2 Å². The van der Waals surface area contributed by atoms with Crippen molar-refractivity contribution in [3.63, 3.8) is 0 Å². The van der Waals surface area contributed by atoms with Gasteiger partial charge in [-0.3, -0.25) is 0 Å². The lowest BCUT2D eigenvalue weighted by atomic mass is 10.0. The summed E-state index contributed by atoms with van der Waals surface area (Å²) in [5.74, 6) is 0.0810. The second kappa shape index (κ2) is 5.57. The summed E-state index contributed by atoms with van der Waals surface area (Å²) in [5, 5.41) is 19.5. The Bertz CT molecular complexity index is 871. The number of phenols is 1. The molecule has 0 aliphatic rings. The van der Waals surface area contributed by atoms with Crippen LogP contribution in [0.2, 0.25) is 0 Å². The van der Waals surface area contributed by atoms with Gasteiger partial charge in [0, 0.05) is 23.1 Å². The van der Waals surface area contributed by atoms with Crippen molar-refractivity contribution in [1.82, 2.24) is 0 Å². The zero-order chi connectivity index (χ0) is 16.6. The molecule has 0 saturated heterocycles. The lowest BCUT2D eigenvalue weighted by molar-refractivity contribution is 0.0699. The Morgan fingerprint density at radius 1 is 1.04 bits per heavy atom. The average Bonchev–Trinajstić information content (AvgIpc) is 2.92. The second-order valence-corrected chi connectivity index (χ2v) is 4.89. The molecule has 0 bridgehead atoms.